The summed E-state index contributed by atoms with van der Waals surface area (Å²) in [5.74, 6) is -0.157. The smallest absolute Gasteiger partial charge is 0.255 e. The highest BCUT2D eigenvalue weighted by atomic mass is 16.1. The Morgan fingerprint density at radius 1 is 0.897 bits per heavy atom. The number of fused-ring (bicyclic) bond motifs is 1. The number of nitrogens with one attached hydrogen (secondary N) is 2. The standard InChI is InChI=1S/C24H21N3O2/c1-27(2)19-7-5-6-17(14-19)23(28)26-18-12-10-16(11-13-18)22-15-25-24(29)21-9-4-3-8-20(21)22/h3-15H,1-2H3,(H,25,29)(H,26,28). The number of carbonyl (C=O) groups is 1. The lowest BCUT2D eigenvalue weighted by atomic mass is 10.0. The van der Waals surface area contributed by atoms with Crippen LogP contribution in [0.1, 0.15) is 10.4 Å². The van der Waals surface area contributed by atoms with Gasteiger partial charge >= 0.3 is 0 Å². The van der Waals surface area contributed by atoms with Crippen molar-refractivity contribution in [2.45, 2.75) is 0 Å². The van der Waals surface area contributed by atoms with E-state index >= 15 is 0 Å². The van der Waals surface area contributed by atoms with E-state index in [4.69, 9.17) is 0 Å². The molecule has 0 bridgehead atoms. The van der Waals surface area contributed by atoms with Crippen molar-refractivity contribution in [3.05, 3.63) is 94.9 Å². The molecule has 5 heteroatoms. The van der Waals surface area contributed by atoms with Gasteiger partial charge < -0.3 is 15.2 Å². The van der Waals surface area contributed by atoms with Gasteiger partial charge in [-0.25, -0.2) is 0 Å². The van der Waals surface area contributed by atoms with E-state index in [0.717, 1.165) is 22.2 Å². The summed E-state index contributed by atoms with van der Waals surface area (Å²) in [4.78, 5) is 29.4. The largest absolute Gasteiger partial charge is 0.378 e. The summed E-state index contributed by atoms with van der Waals surface area (Å²) in [5, 5.41) is 4.49. The predicted molar refractivity (Wildman–Crippen MR) is 119 cm³/mol. The predicted octanol–water partition coefficient (Wildman–Crippen LogP) is 4.51. The molecular formula is C24H21N3O2. The highest BCUT2D eigenvalue weighted by Gasteiger charge is 2.09. The van der Waals surface area contributed by atoms with Crippen molar-refractivity contribution >= 4 is 28.1 Å². The molecule has 29 heavy (non-hydrogen) atoms. The molecule has 2 N–H and O–H groups in total. The first-order chi connectivity index (χ1) is 14.0. The van der Waals surface area contributed by atoms with Crippen LogP contribution in [0.2, 0.25) is 0 Å². The molecule has 1 heterocycles. The van der Waals surface area contributed by atoms with Crippen LogP contribution in [0.5, 0.6) is 0 Å². The molecule has 0 atom stereocenters. The van der Waals surface area contributed by atoms with E-state index in [1.54, 1.807) is 12.3 Å². The van der Waals surface area contributed by atoms with Crippen molar-refractivity contribution in [2.75, 3.05) is 24.3 Å². The van der Waals surface area contributed by atoms with Crippen LogP contribution in [0.15, 0.2) is 83.8 Å². The number of amides is 1. The Hall–Kier alpha value is -3.86. The van der Waals surface area contributed by atoms with Crippen LogP contribution in [0, 0.1) is 0 Å². The molecule has 144 valence electrons. The molecule has 0 aliphatic rings. The molecule has 0 radical (unpaired) electrons. The van der Waals surface area contributed by atoms with Gasteiger partial charge in [-0.1, -0.05) is 36.4 Å². The van der Waals surface area contributed by atoms with Crippen LogP contribution in [0.4, 0.5) is 11.4 Å². The van der Waals surface area contributed by atoms with Crippen molar-refractivity contribution in [1.82, 2.24) is 4.98 Å². The van der Waals surface area contributed by atoms with E-state index in [9.17, 15) is 9.59 Å². The van der Waals surface area contributed by atoms with E-state index < -0.39 is 0 Å². The number of pyridine rings is 1. The minimum atomic E-state index is -0.157. The molecule has 1 aromatic heterocycles. The van der Waals surface area contributed by atoms with E-state index in [-0.39, 0.29) is 11.5 Å². The van der Waals surface area contributed by atoms with Crippen molar-refractivity contribution in [3.8, 4) is 11.1 Å². The molecule has 1 amide bonds. The molecule has 4 rings (SSSR count). The normalized spacial score (nSPS) is 10.7. The third kappa shape index (κ3) is 3.75. The fourth-order valence-corrected chi connectivity index (χ4v) is 3.31. The average Bonchev–Trinajstić information content (AvgIpc) is 2.75. The van der Waals surface area contributed by atoms with Gasteiger partial charge in [-0.2, -0.15) is 0 Å². The van der Waals surface area contributed by atoms with Gasteiger partial charge in [-0.3, -0.25) is 9.59 Å². The van der Waals surface area contributed by atoms with Gasteiger partial charge in [0.25, 0.3) is 11.5 Å². The Kier molecular flexibility index (Phi) is 4.87. The number of hydrogen-bond donors (Lipinski definition) is 2. The van der Waals surface area contributed by atoms with Gasteiger partial charge in [-0.15, -0.1) is 0 Å². The first-order valence-electron chi connectivity index (χ1n) is 9.32. The molecule has 0 aliphatic heterocycles. The molecule has 3 aromatic carbocycles. The number of hydrogen-bond acceptors (Lipinski definition) is 3. The number of benzene rings is 3. The first kappa shape index (κ1) is 18.5. The summed E-state index contributed by atoms with van der Waals surface area (Å²) in [6.07, 6.45) is 1.73. The maximum atomic E-state index is 12.6. The summed E-state index contributed by atoms with van der Waals surface area (Å²) >= 11 is 0. The summed E-state index contributed by atoms with van der Waals surface area (Å²) in [6, 6.07) is 22.6. The van der Waals surface area contributed by atoms with E-state index in [1.807, 2.05) is 85.7 Å². The number of H-pyrrole nitrogens is 1. The van der Waals surface area contributed by atoms with Crippen LogP contribution in [-0.4, -0.2) is 25.0 Å². The molecule has 5 nitrogen and oxygen atoms in total. The van der Waals surface area contributed by atoms with Crippen LogP contribution in [0.25, 0.3) is 21.9 Å². The molecule has 0 spiro atoms. The van der Waals surface area contributed by atoms with Crippen LogP contribution in [-0.2, 0) is 0 Å². The maximum absolute atomic E-state index is 12.6. The average molecular weight is 383 g/mol. The van der Waals surface area contributed by atoms with Gasteiger partial charge in [0.05, 0.1) is 0 Å². The second-order valence-corrected chi connectivity index (χ2v) is 7.05. The number of carbonyl (C=O) groups excluding carboxylic acids is 1. The molecule has 0 aliphatic carbocycles. The Morgan fingerprint density at radius 2 is 1.62 bits per heavy atom. The van der Waals surface area contributed by atoms with Gasteiger partial charge in [0.1, 0.15) is 0 Å². The topological polar surface area (TPSA) is 65.2 Å². The van der Waals surface area contributed by atoms with Crippen molar-refractivity contribution in [2.24, 2.45) is 0 Å². The third-order valence-corrected chi connectivity index (χ3v) is 4.89. The zero-order chi connectivity index (χ0) is 20.4. The lowest BCUT2D eigenvalue weighted by molar-refractivity contribution is 0.102. The Labute approximate surface area is 168 Å². The fraction of sp³-hybridized carbons (Fsp3) is 0.0833. The first-order valence-corrected chi connectivity index (χ1v) is 9.32. The van der Waals surface area contributed by atoms with Gasteiger partial charge in [-0.05, 0) is 47.3 Å². The third-order valence-electron chi connectivity index (χ3n) is 4.89. The minimum absolute atomic E-state index is 0.104. The molecule has 0 unspecified atom stereocenters. The van der Waals surface area contributed by atoms with Gasteiger partial charge in [0, 0.05) is 48.2 Å². The maximum Gasteiger partial charge on any atom is 0.255 e. The summed E-state index contributed by atoms with van der Waals surface area (Å²) < 4.78 is 0. The quantitative estimate of drug-likeness (QED) is 0.545. The highest BCUT2D eigenvalue weighted by Crippen LogP contribution is 2.27. The van der Waals surface area contributed by atoms with Crippen LogP contribution >= 0.6 is 0 Å². The zero-order valence-electron chi connectivity index (χ0n) is 16.3. The molecule has 0 fully saturated rings. The van der Waals surface area contributed by atoms with Crippen LogP contribution < -0.4 is 15.8 Å². The van der Waals surface area contributed by atoms with E-state index in [2.05, 4.69) is 10.3 Å². The summed E-state index contributed by atoms with van der Waals surface area (Å²) in [6.45, 7) is 0. The van der Waals surface area contributed by atoms with Crippen LogP contribution in [0.3, 0.4) is 0 Å². The molecule has 0 saturated carbocycles. The molecular weight excluding hydrogens is 362 g/mol. The van der Waals surface area contributed by atoms with Crippen molar-refractivity contribution in [1.29, 1.82) is 0 Å². The number of aromatic nitrogens is 1. The van der Waals surface area contributed by atoms with Gasteiger partial charge in [0.15, 0.2) is 0 Å². The minimum Gasteiger partial charge on any atom is -0.378 e. The lowest BCUT2D eigenvalue weighted by Crippen LogP contribution is -2.14. The number of nitrogens with zero attached hydrogens (tertiary/aromatic N) is 1. The number of aromatic amines is 1. The lowest BCUT2D eigenvalue weighted by Gasteiger charge is -2.13. The van der Waals surface area contributed by atoms with Crippen molar-refractivity contribution < 1.29 is 4.79 Å². The van der Waals surface area contributed by atoms with Gasteiger partial charge in [0.2, 0.25) is 0 Å². The van der Waals surface area contributed by atoms with E-state index in [1.165, 1.54) is 0 Å². The Balaban J connectivity index is 1.59. The highest BCUT2D eigenvalue weighted by molar-refractivity contribution is 6.05. The van der Waals surface area contributed by atoms with E-state index in [0.29, 0.717) is 16.6 Å². The zero-order valence-corrected chi connectivity index (χ0v) is 16.3. The van der Waals surface area contributed by atoms with Crippen molar-refractivity contribution in [3.63, 3.8) is 0 Å². The SMILES string of the molecule is CN(C)c1cccc(C(=O)Nc2ccc(-c3c[nH]c(=O)c4ccccc34)cc2)c1. The monoisotopic (exact) mass is 383 g/mol. The second-order valence-electron chi connectivity index (χ2n) is 7.05. The number of anilines is 2. The summed E-state index contributed by atoms with van der Waals surface area (Å²) in [7, 11) is 3.88. The molecule has 4 aromatic rings. The Morgan fingerprint density at radius 3 is 2.34 bits per heavy atom. The molecule has 0 saturated heterocycles. The Bertz CT molecular complexity index is 1240. The second kappa shape index (κ2) is 7.64. The fourth-order valence-electron chi connectivity index (χ4n) is 3.31. The summed E-state index contributed by atoms with van der Waals surface area (Å²) in [5.41, 5.74) is 4.09. The number of rotatable bonds is 4.